The van der Waals surface area contributed by atoms with Gasteiger partial charge in [0.1, 0.15) is 5.69 Å². The number of rotatable bonds is 3. The van der Waals surface area contributed by atoms with Crippen LogP contribution in [0.3, 0.4) is 0 Å². The number of nitrogen functional groups attached to an aromatic ring is 1. The number of carbonyl (C=O) groups excluding carboxylic acids is 1. The predicted octanol–water partition coefficient (Wildman–Crippen LogP) is 0.634. The molecule has 0 radical (unpaired) electrons. The van der Waals surface area contributed by atoms with Crippen LogP contribution in [0.5, 0.6) is 0 Å². The van der Waals surface area contributed by atoms with Crippen LogP contribution >= 0.6 is 0 Å². The van der Waals surface area contributed by atoms with E-state index in [1.54, 1.807) is 0 Å². The van der Waals surface area contributed by atoms with Gasteiger partial charge >= 0.3 is 0 Å². The van der Waals surface area contributed by atoms with Gasteiger partial charge in [-0.3, -0.25) is 4.79 Å². The first-order chi connectivity index (χ1) is 8.24. The van der Waals surface area contributed by atoms with Crippen LogP contribution in [0.25, 0.3) is 0 Å². The first kappa shape index (κ1) is 11.8. The van der Waals surface area contributed by atoms with Crippen molar-refractivity contribution in [2.24, 2.45) is 11.8 Å². The fourth-order valence-corrected chi connectivity index (χ4v) is 2.03. The minimum Gasteiger partial charge on any atom is -0.337 e. The van der Waals surface area contributed by atoms with Gasteiger partial charge in [0.2, 0.25) is 0 Å². The van der Waals surface area contributed by atoms with Crippen molar-refractivity contribution >= 4 is 11.7 Å². The van der Waals surface area contributed by atoms with Gasteiger partial charge in [-0.1, -0.05) is 13.3 Å². The van der Waals surface area contributed by atoms with Crippen molar-refractivity contribution in [2.75, 3.05) is 18.5 Å². The standard InChI is InChI=1S/C11H17N5O/c1-2-8-3-4-16(7-8)11(17)9-5-14-10(15-12)6-13-9/h5-6,8H,2-4,7,12H2,1H3,(H,14,15). The van der Waals surface area contributed by atoms with Crippen molar-refractivity contribution in [2.45, 2.75) is 19.8 Å². The summed E-state index contributed by atoms with van der Waals surface area (Å²) in [6.07, 6.45) is 5.11. The van der Waals surface area contributed by atoms with Crippen LogP contribution in [0.2, 0.25) is 0 Å². The Morgan fingerprint density at radius 1 is 1.59 bits per heavy atom. The first-order valence-electron chi connectivity index (χ1n) is 5.82. The molecule has 1 amide bonds. The number of aromatic nitrogens is 2. The van der Waals surface area contributed by atoms with Gasteiger partial charge < -0.3 is 10.3 Å². The zero-order valence-electron chi connectivity index (χ0n) is 9.89. The van der Waals surface area contributed by atoms with Crippen LogP contribution < -0.4 is 11.3 Å². The summed E-state index contributed by atoms with van der Waals surface area (Å²) in [7, 11) is 0. The molecule has 0 aliphatic carbocycles. The predicted molar refractivity (Wildman–Crippen MR) is 64.1 cm³/mol. The van der Waals surface area contributed by atoms with E-state index in [2.05, 4.69) is 22.3 Å². The third-order valence-electron chi connectivity index (χ3n) is 3.17. The number of hydrogen-bond acceptors (Lipinski definition) is 5. The summed E-state index contributed by atoms with van der Waals surface area (Å²) in [6.45, 7) is 3.80. The van der Waals surface area contributed by atoms with Crippen LogP contribution in [0.1, 0.15) is 30.3 Å². The van der Waals surface area contributed by atoms with Crippen LogP contribution in [0.4, 0.5) is 5.82 Å². The molecule has 0 saturated carbocycles. The second-order valence-corrected chi connectivity index (χ2v) is 4.25. The number of likely N-dealkylation sites (tertiary alicyclic amines) is 1. The van der Waals surface area contributed by atoms with Gasteiger partial charge in [0.05, 0.1) is 12.4 Å². The van der Waals surface area contributed by atoms with Crippen LogP contribution in [0, 0.1) is 5.92 Å². The first-order valence-corrected chi connectivity index (χ1v) is 5.82. The third-order valence-corrected chi connectivity index (χ3v) is 3.17. The van der Waals surface area contributed by atoms with E-state index in [1.165, 1.54) is 12.4 Å². The molecule has 1 aromatic rings. The molecule has 0 spiro atoms. The Bertz CT molecular complexity index is 391. The molecule has 1 aliphatic rings. The van der Waals surface area contributed by atoms with Crippen LogP contribution in [-0.4, -0.2) is 33.9 Å². The molecule has 1 aliphatic heterocycles. The maximum Gasteiger partial charge on any atom is 0.274 e. The second-order valence-electron chi connectivity index (χ2n) is 4.25. The zero-order chi connectivity index (χ0) is 12.3. The van der Waals surface area contributed by atoms with Crippen molar-refractivity contribution in [3.05, 3.63) is 18.1 Å². The molecule has 0 aromatic carbocycles. The van der Waals surface area contributed by atoms with E-state index in [0.29, 0.717) is 17.4 Å². The van der Waals surface area contributed by atoms with Gasteiger partial charge in [-0.05, 0) is 12.3 Å². The lowest BCUT2D eigenvalue weighted by Gasteiger charge is -2.15. The zero-order valence-corrected chi connectivity index (χ0v) is 9.89. The molecule has 6 heteroatoms. The van der Waals surface area contributed by atoms with Crippen molar-refractivity contribution < 1.29 is 4.79 Å². The monoisotopic (exact) mass is 235 g/mol. The molecule has 1 unspecified atom stereocenters. The Morgan fingerprint density at radius 2 is 2.41 bits per heavy atom. The number of nitrogens with zero attached hydrogens (tertiary/aromatic N) is 3. The van der Waals surface area contributed by atoms with E-state index in [9.17, 15) is 4.79 Å². The maximum atomic E-state index is 12.1. The normalized spacial score (nSPS) is 19.4. The van der Waals surface area contributed by atoms with E-state index in [0.717, 1.165) is 25.9 Å². The molecule has 92 valence electrons. The fraction of sp³-hybridized carbons (Fsp3) is 0.545. The van der Waals surface area contributed by atoms with Gasteiger partial charge in [0.25, 0.3) is 5.91 Å². The fourth-order valence-electron chi connectivity index (χ4n) is 2.03. The number of nitrogens with one attached hydrogen (secondary N) is 1. The minimum absolute atomic E-state index is 0.0444. The van der Waals surface area contributed by atoms with E-state index < -0.39 is 0 Å². The van der Waals surface area contributed by atoms with E-state index in [-0.39, 0.29) is 5.91 Å². The minimum atomic E-state index is -0.0444. The van der Waals surface area contributed by atoms with Crippen molar-refractivity contribution in [3.8, 4) is 0 Å². The smallest absolute Gasteiger partial charge is 0.274 e. The molecular formula is C11H17N5O. The van der Waals surface area contributed by atoms with E-state index in [4.69, 9.17) is 5.84 Å². The summed E-state index contributed by atoms with van der Waals surface area (Å²) in [6, 6.07) is 0. The van der Waals surface area contributed by atoms with Gasteiger partial charge in [0.15, 0.2) is 5.82 Å². The third kappa shape index (κ3) is 2.52. The highest BCUT2D eigenvalue weighted by Crippen LogP contribution is 2.20. The lowest BCUT2D eigenvalue weighted by molar-refractivity contribution is 0.0780. The van der Waals surface area contributed by atoms with Gasteiger partial charge in [-0.2, -0.15) is 0 Å². The molecule has 2 rings (SSSR count). The maximum absolute atomic E-state index is 12.1. The SMILES string of the molecule is CCC1CCN(C(=O)c2cnc(NN)cn2)C1. The van der Waals surface area contributed by atoms with Crippen molar-refractivity contribution in [1.29, 1.82) is 0 Å². The number of hydrazine groups is 1. The molecule has 1 saturated heterocycles. The van der Waals surface area contributed by atoms with Gasteiger partial charge in [0, 0.05) is 13.1 Å². The highest BCUT2D eigenvalue weighted by molar-refractivity contribution is 5.92. The molecule has 1 fully saturated rings. The Morgan fingerprint density at radius 3 is 2.94 bits per heavy atom. The topological polar surface area (TPSA) is 84.1 Å². The Labute approximate surface area is 100 Å². The van der Waals surface area contributed by atoms with E-state index >= 15 is 0 Å². The molecule has 0 bridgehead atoms. The second kappa shape index (κ2) is 5.09. The number of anilines is 1. The number of carbonyl (C=O) groups is 1. The number of hydrogen-bond donors (Lipinski definition) is 2. The highest BCUT2D eigenvalue weighted by Gasteiger charge is 2.26. The van der Waals surface area contributed by atoms with Crippen molar-refractivity contribution in [1.82, 2.24) is 14.9 Å². The Kier molecular flexibility index (Phi) is 3.53. The molecule has 1 atom stereocenters. The number of amides is 1. The molecular weight excluding hydrogens is 218 g/mol. The summed E-state index contributed by atoms with van der Waals surface area (Å²) in [4.78, 5) is 22.0. The molecule has 1 aromatic heterocycles. The molecule has 3 N–H and O–H groups in total. The molecule has 17 heavy (non-hydrogen) atoms. The van der Waals surface area contributed by atoms with Crippen LogP contribution in [0.15, 0.2) is 12.4 Å². The number of nitrogens with two attached hydrogens (primary N) is 1. The van der Waals surface area contributed by atoms with E-state index in [1.807, 2.05) is 4.90 Å². The van der Waals surface area contributed by atoms with Crippen LogP contribution in [-0.2, 0) is 0 Å². The Hall–Kier alpha value is -1.69. The van der Waals surface area contributed by atoms with Gasteiger partial charge in [-0.15, -0.1) is 0 Å². The average molecular weight is 235 g/mol. The molecule has 2 heterocycles. The average Bonchev–Trinajstić information content (AvgIpc) is 2.87. The summed E-state index contributed by atoms with van der Waals surface area (Å²) < 4.78 is 0. The highest BCUT2D eigenvalue weighted by atomic mass is 16.2. The summed E-state index contributed by atoms with van der Waals surface area (Å²) in [5.41, 5.74) is 2.76. The van der Waals surface area contributed by atoms with Gasteiger partial charge in [-0.25, -0.2) is 15.8 Å². The summed E-state index contributed by atoms with van der Waals surface area (Å²) in [5, 5.41) is 0. The Balaban J connectivity index is 2.04. The lowest BCUT2D eigenvalue weighted by atomic mass is 10.1. The quantitative estimate of drug-likeness (QED) is 0.593. The summed E-state index contributed by atoms with van der Waals surface area (Å²) >= 11 is 0. The molecule has 6 nitrogen and oxygen atoms in total. The van der Waals surface area contributed by atoms with Crippen molar-refractivity contribution in [3.63, 3.8) is 0 Å². The lowest BCUT2D eigenvalue weighted by Crippen LogP contribution is -2.29. The largest absolute Gasteiger partial charge is 0.337 e. The summed E-state index contributed by atoms with van der Waals surface area (Å²) in [5.74, 6) is 6.22.